The number of rotatable bonds is 2. The Labute approximate surface area is 102 Å². The van der Waals surface area contributed by atoms with Crippen molar-refractivity contribution in [2.75, 3.05) is 0 Å². The van der Waals surface area contributed by atoms with Crippen LogP contribution in [0.5, 0.6) is 0 Å². The molecule has 84 valence electrons. The predicted octanol–water partition coefficient (Wildman–Crippen LogP) is 3.36. The third-order valence-corrected chi connectivity index (χ3v) is 4.30. The second-order valence-electron chi connectivity index (χ2n) is 2.39. The number of nitrogens with zero attached hydrogens (tertiary/aromatic N) is 1. The van der Waals surface area contributed by atoms with Gasteiger partial charge in [0, 0.05) is 16.9 Å². The normalized spacial score (nSPS) is 12.1. The van der Waals surface area contributed by atoms with Gasteiger partial charge in [0.2, 0.25) is 0 Å². The highest BCUT2D eigenvalue weighted by atomic mass is 79.9. The molecule has 0 aromatic carbocycles. The molecule has 1 aromatic rings. The molecule has 0 amide bonds. The van der Waals surface area contributed by atoms with E-state index >= 15 is 0 Å². The highest BCUT2D eigenvalue weighted by molar-refractivity contribution is 9.10. The second-order valence-corrected chi connectivity index (χ2v) is 6.04. The van der Waals surface area contributed by atoms with Gasteiger partial charge in [0.15, 0.2) is 5.03 Å². The van der Waals surface area contributed by atoms with Crippen molar-refractivity contribution < 1.29 is 17.2 Å². The summed E-state index contributed by atoms with van der Waals surface area (Å²) in [6.07, 6.45) is -2.17. The Kier molecular flexibility index (Phi) is 3.91. The smallest absolute Gasteiger partial charge is 0.242 e. The lowest BCUT2D eigenvalue weighted by Gasteiger charge is -2.06. The molecule has 1 rings (SSSR count). The molecule has 0 bridgehead atoms. The average Bonchev–Trinajstić information content (AvgIpc) is 2.06. The van der Waals surface area contributed by atoms with Crippen LogP contribution in [-0.2, 0) is 9.05 Å². The van der Waals surface area contributed by atoms with Crippen molar-refractivity contribution in [1.29, 1.82) is 0 Å². The molecule has 0 atom stereocenters. The van der Waals surface area contributed by atoms with E-state index in [1.807, 2.05) is 0 Å². The monoisotopic (exact) mass is 339 g/mol. The zero-order valence-electron chi connectivity index (χ0n) is 6.72. The Morgan fingerprint density at radius 2 is 2.00 bits per heavy atom. The van der Waals surface area contributed by atoms with Gasteiger partial charge >= 0.3 is 0 Å². The molecular weight excluding hydrogens is 339 g/mol. The molecule has 0 N–H and O–H groups in total. The van der Waals surface area contributed by atoms with Gasteiger partial charge in [0.1, 0.15) is 0 Å². The number of aromatic nitrogens is 1. The van der Waals surface area contributed by atoms with Gasteiger partial charge in [0.25, 0.3) is 15.5 Å². The molecule has 0 spiro atoms. The summed E-state index contributed by atoms with van der Waals surface area (Å²) in [6, 6.07) is 0. The van der Waals surface area contributed by atoms with Gasteiger partial charge < -0.3 is 0 Å². The first-order valence-electron chi connectivity index (χ1n) is 3.32. The zero-order valence-corrected chi connectivity index (χ0v) is 10.6. The van der Waals surface area contributed by atoms with Crippen LogP contribution in [0.25, 0.3) is 0 Å². The summed E-state index contributed by atoms with van der Waals surface area (Å²) in [4.78, 5) is 3.30. The fourth-order valence-corrected chi connectivity index (χ4v) is 3.16. The molecule has 9 heteroatoms. The van der Waals surface area contributed by atoms with E-state index in [1.165, 1.54) is 0 Å². The van der Waals surface area contributed by atoms with Crippen LogP contribution in [0, 0.1) is 0 Å². The summed E-state index contributed by atoms with van der Waals surface area (Å²) in [5.74, 6) is 0. The lowest BCUT2D eigenvalue weighted by Crippen LogP contribution is -2.00. The highest BCUT2D eigenvalue weighted by Gasteiger charge is 2.23. The van der Waals surface area contributed by atoms with Crippen LogP contribution in [-0.4, -0.2) is 13.4 Å². The topological polar surface area (TPSA) is 47.0 Å². The third-order valence-electron chi connectivity index (χ3n) is 1.42. The molecule has 0 fully saturated rings. The highest BCUT2D eigenvalue weighted by Crippen LogP contribution is 2.36. The Morgan fingerprint density at radius 3 is 2.40 bits per heavy atom. The van der Waals surface area contributed by atoms with Crippen molar-refractivity contribution in [3.8, 4) is 0 Å². The third kappa shape index (κ3) is 2.77. The molecule has 0 unspecified atom stereocenters. The van der Waals surface area contributed by atoms with Crippen LogP contribution < -0.4 is 0 Å². The minimum absolute atomic E-state index is 0.267. The maximum absolute atomic E-state index is 12.3. The summed E-state index contributed by atoms with van der Waals surface area (Å²) in [6.45, 7) is 0. The minimum atomic E-state index is -4.11. The van der Waals surface area contributed by atoms with E-state index in [9.17, 15) is 17.2 Å². The first-order valence-corrected chi connectivity index (χ1v) is 6.80. The maximum Gasteiger partial charge on any atom is 0.279 e. The van der Waals surface area contributed by atoms with E-state index in [-0.39, 0.29) is 4.47 Å². The fourth-order valence-electron chi connectivity index (χ4n) is 0.784. The molecule has 0 aliphatic carbocycles. The van der Waals surface area contributed by atoms with Crippen molar-refractivity contribution in [2.45, 2.75) is 11.5 Å². The average molecular weight is 341 g/mol. The SMILES string of the molecule is O=S(=O)(Cl)c1ncc(C(F)F)c(Cl)c1Br. The fraction of sp³-hybridized carbons (Fsp3) is 0.167. The lowest BCUT2D eigenvalue weighted by molar-refractivity contribution is 0.151. The van der Waals surface area contributed by atoms with Gasteiger partial charge in [-0.1, -0.05) is 11.6 Å². The zero-order chi connectivity index (χ0) is 11.8. The Hall–Kier alpha value is 0.0200. The molecule has 0 aliphatic rings. The van der Waals surface area contributed by atoms with Gasteiger partial charge in [-0.3, -0.25) is 0 Å². The minimum Gasteiger partial charge on any atom is -0.242 e. The number of hydrogen-bond acceptors (Lipinski definition) is 3. The van der Waals surface area contributed by atoms with Crippen LogP contribution >= 0.6 is 38.2 Å². The van der Waals surface area contributed by atoms with E-state index in [0.29, 0.717) is 6.20 Å². The molecule has 3 nitrogen and oxygen atoms in total. The van der Waals surface area contributed by atoms with Crippen molar-refractivity contribution >= 4 is 47.3 Å². The summed E-state index contributed by atoms with van der Waals surface area (Å²) < 4.78 is 46.2. The molecule has 0 saturated heterocycles. The Balaban J connectivity index is 3.48. The summed E-state index contributed by atoms with van der Waals surface area (Å²) >= 11 is 8.25. The van der Waals surface area contributed by atoms with Crippen LogP contribution in [0.3, 0.4) is 0 Å². The van der Waals surface area contributed by atoms with Crippen LogP contribution in [0.4, 0.5) is 8.78 Å². The van der Waals surface area contributed by atoms with Gasteiger partial charge in [-0.2, -0.15) is 0 Å². The summed E-state index contributed by atoms with van der Waals surface area (Å²) in [7, 11) is 0.888. The molecule has 0 aliphatic heterocycles. The van der Waals surface area contributed by atoms with E-state index in [2.05, 4.69) is 20.9 Å². The second kappa shape index (κ2) is 4.48. The van der Waals surface area contributed by atoms with Crippen molar-refractivity contribution in [3.63, 3.8) is 0 Å². The predicted molar refractivity (Wildman–Crippen MR) is 54.9 cm³/mol. The van der Waals surface area contributed by atoms with Crippen molar-refractivity contribution in [2.24, 2.45) is 0 Å². The van der Waals surface area contributed by atoms with Gasteiger partial charge in [-0.25, -0.2) is 22.2 Å². The van der Waals surface area contributed by atoms with E-state index < -0.39 is 31.1 Å². The van der Waals surface area contributed by atoms with E-state index in [0.717, 1.165) is 0 Å². The molecule has 1 aromatic heterocycles. The van der Waals surface area contributed by atoms with Crippen LogP contribution in [0.2, 0.25) is 5.02 Å². The molecular formula is C6H2BrCl2F2NO2S. The Bertz CT molecular complexity index is 494. The Morgan fingerprint density at radius 1 is 1.47 bits per heavy atom. The molecule has 0 saturated carbocycles. The number of hydrogen-bond donors (Lipinski definition) is 0. The number of pyridine rings is 1. The van der Waals surface area contributed by atoms with E-state index in [1.54, 1.807) is 0 Å². The number of alkyl halides is 2. The standard InChI is InChI=1S/C6H2BrCl2F2NO2S/c7-3-4(8)2(5(10)11)1-12-6(3)15(9,13)14/h1,5H. The quantitative estimate of drug-likeness (QED) is 0.775. The van der Waals surface area contributed by atoms with Crippen molar-refractivity contribution in [1.82, 2.24) is 4.98 Å². The van der Waals surface area contributed by atoms with Gasteiger partial charge in [-0.15, -0.1) is 0 Å². The van der Waals surface area contributed by atoms with Crippen molar-refractivity contribution in [3.05, 3.63) is 21.3 Å². The lowest BCUT2D eigenvalue weighted by atomic mass is 10.3. The largest absolute Gasteiger partial charge is 0.279 e. The van der Waals surface area contributed by atoms with Crippen LogP contribution in [0.15, 0.2) is 15.7 Å². The first kappa shape index (κ1) is 13.1. The van der Waals surface area contributed by atoms with Gasteiger partial charge in [0.05, 0.1) is 15.1 Å². The summed E-state index contributed by atoms with van der Waals surface area (Å²) in [5.41, 5.74) is -0.562. The van der Waals surface area contributed by atoms with Crippen LogP contribution in [0.1, 0.15) is 12.0 Å². The molecule has 15 heavy (non-hydrogen) atoms. The molecule has 0 radical (unpaired) electrons. The first-order chi connectivity index (χ1) is 6.75. The number of halogens is 5. The maximum atomic E-state index is 12.3. The van der Waals surface area contributed by atoms with Gasteiger partial charge in [-0.05, 0) is 15.9 Å². The summed E-state index contributed by atoms with van der Waals surface area (Å²) in [5, 5.41) is -1.00. The van der Waals surface area contributed by atoms with E-state index in [4.69, 9.17) is 22.3 Å². The molecule has 1 heterocycles.